The van der Waals surface area contributed by atoms with Crippen molar-refractivity contribution >= 4 is 5.95 Å². The normalized spacial score (nSPS) is 18.8. The van der Waals surface area contributed by atoms with Gasteiger partial charge in [-0.25, -0.2) is 15.0 Å². The summed E-state index contributed by atoms with van der Waals surface area (Å²) in [5.74, 6) is 0.725. The zero-order chi connectivity index (χ0) is 14.8. The Balaban J connectivity index is 2.08. The second-order valence-electron chi connectivity index (χ2n) is 5.47. The summed E-state index contributed by atoms with van der Waals surface area (Å²) in [6, 6.07) is 3.70. The zero-order valence-electron chi connectivity index (χ0n) is 12.4. The molecule has 0 amide bonds. The van der Waals surface area contributed by atoms with Crippen LogP contribution in [0, 0.1) is 0 Å². The summed E-state index contributed by atoms with van der Waals surface area (Å²) in [7, 11) is 1.77. The molecule has 2 aromatic heterocycles. The SMILES string of the molecule is CC1CCCCN1c1nc(-c2ccncn2)cc(=O)n1C. The van der Waals surface area contributed by atoms with Gasteiger partial charge in [0.15, 0.2) is 0 Å². The molecule has 1 unspecified atom stereocenters. The van der Waals surface area contributed by atoms with Crippen LogP contribution in [0.25, 0.3) is 11.4 Å². The third-order valence-electron chi connectivity index (χ3n) is 4.02. The minimum atomic E-state index is -0.0635. The van der Waals surface area contributed by atoms with Gasteiger partial charge in [-0.3, -0.25) is 9.36 Å². The average molecular weight is 285 g/mol. The topological polar surface area (TPSA) is 63.9 Å². The quantitative estimate of drug-likeness (QED) is 0.839. The van der Waals surface area contributed by atoms with Crippen LogP contribution in [0.2, 0.25) is 0 Å². The first-order valence-corrected chi connectivity index (χ1v) is 7.28. The van der Waals surface area contributed by atoms with Crippen molar-refractivity contribution in [3.05, 3.63) is 35.0 Å². The van der Waals surface area contributed by atoms with E-state index in [9.17, 15) is 4.79 Å². The van der Waals surface area contributed by atoms with Gasteiger partial charge in [0.2, 0.25) is 5.95 Å². The standard InChI is InChI=1S/C15H19N5O/c1-11-5-3-4-8-20(11)15-18-13(9-14(21)19(15)2)12-6-7-16-10-17-12/h6-7,9-11H,3-5,8H2,1-2H3. The molecule has 0 N–H and O–H groups in total. The van der Waals surface area contributed by atoms with Crippen LogP contribution < -0.4 is 10.5 Å². The lowest BCUT2D eigenvalue weighted by Gasteiger charge is -2.35. The van der Waals surface area contributed by atoms with E-state index in [4.69, 9.17) is 0 Å². The molecule has 0 aliphatic carbocycles. The molecule has 3 rings (SSSR count). The number of rotatable bonds is 2. The highest BCUT2D eigenvalue weighted by atomic mass is 16.1. The van der Waals surface area contributed by atoms with Crippen LogP contribution in [0.15, 0.2) is 29.5 Å². The molecule has 0 spiro atoms. The summed E-state index contributed by atoms with van der Waals surface area (Å²) in [5.41, 5.74) is 1.22. The molecule has 2 aromatic rings. The van der Waals surface area contributed by atoms with Gasteiger partial charge in [-0.15, -0.1) is 0 Å². The molecule has 1 saturated heterocycles. The molecule has 0 radical (unpaired) electrons. The van der Waals surface area contributed by atoms with E-state index in [-0.39, 0.29) is 5.56 Å². The fourth-order valence-electron chi connectivity index (χ4n) is 2.75. The van der Waals surface area contributed by atoms with Crippen LogP contribution >= 0.6 is 0 Å². The monoisotopic (exact) mass is 285 g/mol. The van der Waals surface area contributed by atoms with Crippen LogP contribution in [0.4, 0.5) is 5.95 Å². The Morgan fingerprint density at radius 2 is 2.14 bits per heavy atom. The van der Waals surface area contributed by atoms with Crippen LogP contribution in [0.1, 0.15) is 26.2 Å². The first kappa shape index (κ1) is 13.7. The lowest BCUT2D eigenvalue weighted by Crippen LogP contribution is -2.41. The summed E-state index contributed by atoms with van der Waals surface area (Å²) in [4.78, 5) is 27.2. The lowest BCUT2D eigenvalue weighted by molar-refractivity contribution is 0.470. The fraction of sp³-hybridized carbons (Fsp3) is 0.467. The lowest BCUT2D eigenvalue weighted by atomic mass is 10.0. The van der Waals surface area contributed by atoms with Crippen LogP contribution in [-0.2, 0) is 7.05 Å². The van der Waals surface area contributed by atoms with Crippen molar-refractivity contribution in [2.45, 2.75) is 32.2 Å². The first-order valence-electron chi connectivity index (χ1n) is 7.28. The second-order valence-corrected chi connectivity index (χ2v) is 5.47. The van der Waals surface area contributed by atoms with E-state index in [0.29, 0.717) is 17.4 Å². The van der Waals surface area contributed by atoms with Gasteiger partial charge in [0.05, 0.1) is 11.4 Å². The van der Waals surface area contributed by atoms with Crippen molar-refractivity contribution in [2.75, 3.05) is 11.4 Å². The minimum absolute atomic E-state index is 0.0635. The molecule has 110 valence electrons. The predicted octanol–water partition coefficient (Wildman–Crippen LogP) is 1.62. The summed E-state index contributed by atoms with van der Waals surface area (Å²) in [6.45, 7) is 3.12. The van der Waals surface area contributed by atoms with Crippen molar-refractivity contribution in [3.63, 3.8) is 0 Å². The van der Waals surface area contributed by atoms with Gasteiger partial charge in [0.25, 0.3) is 5.56 Å². The Morgan fingerprint density at radius 1 is 1.29 bits per heavy atom. The summed E-state index contributed by atoms with van der Waals surface area (Å²) >= 11 is 0. The number of piperidine rings is 1. The van der Waals surface area contributed by atoms with E-state index in [0.717, 1.165) is 25.3 Å². The number of hydrogen-bond donors (Lipinski definition) is 0. The van der Waals surface area contributed by atoms with Crippen molar-refractivity contribution in [3.8, 4) is 11.4 Å². The van der Waals surface area contributed by atoms with Gasteiger partial charge in [-0.1, -0.05) is 0 Å². The third kappa shape index (κ3) is 2.66. The van der Waals surface area contributed by atoms with Crippen LogP contribution in [0.5, 0.6) is 0 Å². The largest absolute Gasteiger partial charge is 0.339 e. The van der Waals surface area contributed by atoms with Gasteiger partial charge in [0.1, 0.15) is 6.33 Å². The minimum Gasteiger partial charge on any atom is -0.339 e. The Bertz CT molecular complexity index is 682. The van der Waals surface area contributed by atoms with Gasteiger partial charge >= 0.3 is 0 Å². The van der Waals surface area contributed by atoms with Crippen LogP contribution in [-0.4, -0.2) is 32.1 Å². The molecule has 1 atom stereocenters. The van der Waals surface area contributed by atoms with E-state index >= 15 is 0 Å². The van der Waals surface area contributed by atoms with Crippen molar-refractivity contribution in [1.29, 1.82) is 0 Å². The highest BCUT2D eigenvalue weighted by Gasteiger charge is 2.22. The number of aromatic nitrogens is 4. The number of nitrogens with zero attached hydrogens (tertiary/aromatic N) is 5. The Labute approximate surface area is 123 Å². The van der Waals surface area contributed by atoms with Gasteiger partial charge < -0.3 is 4.90 Å². The number of anilines is 1. The molecule has 1 fully saturated rings. The molecule has 3 heterocycles. The third-order valence-corrected chi connectivity index (χ3v) is 4.02. The second kappa shape index (κ2) is 5.63. The zero-order valence-corrected chi connectivity index (χ0v) is 12.4. The van der Waals surface area contributed by atoms with E-state index in [1.165, 1.54) is 18.8 Å². The Hall–Kier alpha value is -2.24. The maximum atomic E-state index is 12.2. The molecular weight excluding hydrogens is 266 g/mol. The fourth-order valence-corrected chi connectivity index (χ4v) is 2.75. The van der Waals surface area contributed by atoms with E-state index in [2.05, 4.69) is 26.8 Å². The molecule has 0 saturated carbocycles. The number of hydrogen-bond acceptors (Lipinski definition) is 5. The molecule has 1 aliphatic rings. The Morgan fingerprint density at radius 3 is 2.86 bits per heavy atom. The maximum Gasteiger partial charge on any atom is 0.255 e. The summed E-state index contributed by atoms with van der Waals surface area (Å²) in [5, 5.41) is 0. The smallest absolute Gasteiger partial charge is 0.255 e. The van der Waals surface area contributed by atoms with Crippen molar-refractivity contribution in [1.82, 2.24) is 19.5 Å². The van der Waals surface area contributed by atoms with Gasteiger partial charge in [-0.2, -0.15) is 0 Å². The summed E-state index contributed by atoms with van der Waals surface area (Å²) < 4.78 is 1.62. The maximum absolute atomic E-state index is 12.2. The van der Waals surface area contributed by atoms with Gasteiger partial charge in [0, 0.05) is 31.9 Å². The molecule has 0 aromatic carbocycles. The average Bonchev–Trinajstić information content (AvgIpc) is 2.51. The summed E-state index contributed by atoms with van der Waals surface area (Å²) in [6.07, 6.45) is 6.63. The van der Waals surface area contributed by atoms with Crippen LogP contribution in [0.3, 0.4) is 0 Å². The molecule has 1 aliphatic heterocycles. The van der Waals surface area contributed by atoms with E-state index < -0.39 is 0 Å². The molecule has 6 nitrogen and oxygen atoms in total. The molecular formula is C15H19N5O. The Kier molecular flexibility index (Phi) is 3.68. The molecule has 0 bridgehead atoms. The highest BCUT2D eigenvalue weighted by molar-refractivity contribution is 5.55. The van der Waals surface area contributed by atoms with E-state index in [1.54, 1.807) is 23.9 Å². The molecule has 6 heteroatoms. The molecule has 21 heavy (non-hydrogen) atoms. The first-order chi connectivity index (χ1) is 10.2. The van der Waals surface area contributed by atoms with E-state index in [1.807, 2.05) is 0 Å². The predicted molar refractivity (Wildman–Crippen MR) is 81.2 cm³/mol. The van der Waals surface area contributed by atoms with Crippen molar-refractivity contribution < 1.29 is 0 Å². The van der Waals surface area contributed by atoms with Gasteiger partial charge in [-0.05, 0) is 32.3 Å². The van der Waals surface area contributed by atoms with Crippen molar-refractivity contribution in [2.24, 2.45) is 7.05 Å². The highest BCUT2D eigenvalue weighted by Crippen LogP contribution is 2.23.